The van der Waals surface area contributed by atoms with Crippen molar-refractivity contribution >= 4 is 10.9 Å². The molecular weight excluding hydrogens is 488 g/mol. The van der Waals surface area contributed by atoms with Crippen molar-refractivity contribution in [1.29, 1.82) is 0 Å². The summed E-state index contributed by atoms with van der Waals surface area (Å²) < 4.78 is 7.31. The van der Waals surface area contributed by atoms with E-state index in [1.807, 2.05) is 47.1 Å². The van der Waals surface area contributed by atoms with E-state index in [4.69, 9.17) is 4.74 Å². The number of fused-ring (bicyclic) bond motifs is 1. The molecular formula is C31H34N6O2. The molecule has 39 heavy (non-hydrogen) atoms. The highest BCUT2D eigenvalue weighted by atomic mass is 16.5. The Morgan fingerprint density at radius 2 is 1.77 bits per heavy atom. The summed E-state index contributed by atoms with van der Waals surface area (Å²) >= 11 is 0. The van der Waals surface area contributed by atoms with E-state index < -0.39 is 0 Å². The second kappa shape index (κ2) is 12.0. The van der Waals surface area contributed by atoms with Crippen molar-refractivity contribution in [3.63, 3.8) is 0 Å². The molecule has 0 aliphatic heterocycles. The van der Waals surface area contributed by atoms with E-state index in [2.05, 4.69) is 75.7 Å². The van der Waals surface area contributed by atoms with Gasteiger partial charge in [0, 0.05) is 36.1 Å². The molecule has 0 aliphatic carbocycles. The Balaban J connectivity index is 1.48. The highest BCUT2D eigenvalue weighted by molar-refractivity contribution is 5.80. The van der Waals surface area contributed by atoms with Crippen molar-refractivity contribution in [2.45, 2.75) is 52.4 Å². The first-order chi connectivity index (χ1) is 19.0. The molecule has 8 heteroatoms. The number of aryl methyl sites for hydroxylation is 3. The fourth-order valence-corrected chi connectivity index (χ4v) is 4.99. The van der Waals surface area contributed by atoms with Crippen molar-refractivity contribution in [3.05, 3.63) is 117 Å². The van der Waals surface area contributed by atoms with Gasteiger partial charge in [-0.25, -0.2) is 4.68 Å². The first-order valence-corrected chi connectivity index (χ1v) is 13.3. The molecule has 0 unspecified atom stereocenters. The maximum Gasteiger partial charge on any atom is 0.252 e. The maximum atomic E-state index is 13.2. The molecule has 0 fully saturated rings. The molecule has 0 amide bonds. The van der Waals surface area contributed by atoms with Crippen LogP contribution in [0.2, 0.25) is 0 Å². The molecule has 5 aromatic rings. The van der Waals surface area contributed by atoms with Gasteiger partial charge < -0.3 is 9.72 Å². The third kappa shape index (κ3) is 6.23. The number of aromatic nitrogens is 5. The fourth-order valence-electron chi connectivity index (χ4n) is 4.99. The van der Waals surface area contributed by atoms with Gasteiger partial charge in [-0.05, 0) is 65.6 Å². The van der Waals surface area contributed by atoms with Crippen LogP contribution in [0, 0.1) is 6.92 Å². The van der Waals surface area contributed by atoms with Crippen LogP contribution < -0.4 is 10.3 Å². The lowest BCUT2D eigenvalue weighted by Crippen LogP contribution is -2.32. The Morgan fingerprint density at radius 3 is 2.51 bits per heavy atom. The van der Waals surface area contributed by atoms with Crippen LogP contribution in [0.3, 0.4) is 0 Å². The van der Waals surface area contributed by atoms with E-state index in [0.717, 1.165) is 35.3 Å². The zero-order valence-electron chi connectivity index (χ0n) is 22.7. The minimum Gasteiger partial charge on any atom is -0.497 e. The molecule has 3 aromatic carbocycles. The van der Waals surface area contributed by atoms with E-state index in [9.17, 15) is 4.79 Å². The number of ether oxygens (including phenoxy) is 1. The largest absolute Gasteiger partial charge is 0.497 e. The number of methoxy groups -OCH3 is 1. The first kappa shape index (κ1) is 26.3. The van der Waals surface area contributed by atoms with Gasteiger partial charge in [0.05, 0.1) is 13.2 Å². The van der Waals surface area contributed by atoms with E-state index >= 15 is 0 Å². The summed E-state index contributed by atoms with van der Waals surface area (Å²) in [5.41, 5.74) is 4.99. The van der Waals surface area contributed by atoms with Gasteiger partial charge in [0.15, 0.2) is 5.82 Å². The monoisotopic (exact) mass is 522 g/mol. The average molecular weight is 523 g/mol. The number of aromatic amines is 1. The zero-order valence-corrected chi connectivity index (χ0v) is 22.7. The number of hydrogen-bond donors (Lipinski definition) is 1. The third-order valence-electron chi connectivity index (χ3n) is 7.15. The molecule has 200 valence electrons. The van der Waals surface area contributed by atoms with Gasteiger partial charge >= 0.3 is 0 Å². The number of nitrogens with zero attached hydrogens (tertiary/aromatic N) is 5. The van der Waals surface area contributed by atoms with Crippen molar-refractivity contribution in [2.24, 2.45) is 0 Å². The summed E-state index contributed by atoms with van der Waals surface area (Å²) in [6.07, 6.45) is 1.62. The number of hydrogen-bond acceptors (Lipinski definition) is 6. The van der Waals surface area contributed by atoms with Crippen molar-refractivity contribution in [2.75, 3.05) is 7.11 Å². The average Bonchev–Trinajstić information content (AvgIpc) is 3.42. The van der Waals surface area contributed by atoms with Crippen molar-refractivity contribution in [3.8, 4) is 5.75 Å². The predicted octanol–water partition coefficient (Wildman–Crippen LogP) is 5.23. The molecule has 0 saturated carbocycles. The molecule has 0 radical (unpaired) electrons. The molecule has 0 saturated heterocycles. The molecule has 5 rings (SSSR count). The number of H-pyrrole nitrogens is 1. The van der Waals surface area contributed by atoms with Crippen LogP contribution in [0.4, 0.5) is 0 Å². The van der Waals surface area contributed by atoms with Crippen LogP contribution in [-0.2, 0) is 26.1 Å². The summed E-state index contributed by atoms with van der Waals surface area (Å²) in [7, 11) is 1.64. The first-order valence-electron chi connectivity index (χ1n) is 13.3. The number of benzene rings is 3. The predicted molar refractivity (Wildman–Crippen MR) is 153 cm³/mol. The van der Waals surface area contributed by atoms with Gasteiger partial charge in [0.25, 0.3) is 5.56 Å². The Kier molecular flexibility index (Phi) is 8.13. The zero-order chi connectivity index (χ0) is 27.2. The Hall–Kier alpha value is -4.30. The summed E-state index contributed by atoms with van der Waals surface area (Å²) in [6, 6.07) is 26.4. The SMILES string of the molecule is CC[C@H](c1nnnn1CCc1ccccc1)N(Cc1ccc(C)cc1)Cc1cc2cc(OC)ccc2[nH]c1=O. The highest BCUT2D eigenvalue weighted by Gasteiger charge is 2.26. The van der Waals surface area contributed by atoms with Crippen LogP contribution in [0.5, 0.6) is 5.75 Å². The van der Waals surface area contributed by atoms with Crippen molar-refractivity contribution < 1.29 is 4.74 Å². The second-order valence-electron chi connectivity index (χ2n) is 9.89. The van der Waals surface area contributed by atoms with Gasteiger partial charge in [-0.3, -0.25) is 9.69 Å². The van der Waals surface area contributed by atoms with Crippen LogP contribution >= 0.6 is 0 Å². The van der Waals surface area contributed by atoms with Gasteiger partial charge in [-0.15, -0.1) is 5.10 Å². The minimum absolute atomic E-state index is 0.0857. The van der Waals surface area contributed by atoms with Crippen LogP contribution in [-0.4, -0.2) is 37.2 Å². The molecule has 0 bridgehead atoms. The normalized spacial score (nSPS) is 12.2. The lowest BCUT2D eigenvalue weighted by Gasteiger charge is -2.30. The Bertz CT molecular complexity index is 1580. The van der Waals surface area contributed by atoms with Crippen LogP contribution in [0.15, 0.2) is 83.7 Å². The van der Waals surface area contributed by atoms with Gasteiger partial charge in [0.2, 0.25) is 0 Å². The Labute approximate surface area is 228 Å². The number of pyridine rings is 1. The summed E-state index contributed by atoms with van der Waals surface area (Å²) in [6.45, 7) is 6.00. The van der Waals surface area contributed by atoms with E-state index in [1.54, 1.807) is 7.11 Å². The van der Waals surface area contributed by atoms with Crippen LogP contribution in [0.1, 0.15) is 47.5 Å². The highest BCUT2D eigenvalue weighted by Crippen LogP contribution is 2.27. The third-order valence-corrected chi connectivity index (χ3v) is 7.15. The van der Waals surface area contributed by atoms with Crippen molar-refractivity contribution in [1.82, 2.24) is 30.1 Å². The topological polar surface area (TPSA) is 88.9 Å². The second-order valence-corrected chi connectivity index (χ2v) is 9.89. The fraction of sp³-hybridized carbons (Fsp3) is 0.290. The van der Waals surface area contributed by atoms with E-state index in [0.29, 0.717) is 25.2 Å². The van der Waals surface area contributed by atoms with Gasteiger partial charge in [0.1, 0.15) is 5.75 Å². The Morgan fingerprint density at radius 1 is 0.974 bits per heavy atom. The summed E-state index contributed by atoms with van der Waals surface area (Å²) in [5.74, 6) is 1.56. The lowest BCUT2D eigenvalue weighted by molar-refractivity contribution is 0.160. The summed E-state index contributed by atoms with van der Waals surface area (Å²) in [5, 5.41) is 13.8. The van der Waals surface area contributed by atoms with E-state index in [1.165, 1.54) is 16.7 Å². The molecule has 0 spiro atoms. The molecule has 0 aliphatic rings. The lowest BCUT2D eigenvalue weighted by atomic mass is 10.1. The maximum absolute atomic E-state index is 13.2. The van der Waals surface area contributed by atoms with Crippen LogP contribution in [0.25, 0.3) is 10.9 Å². The molecule has 1 atom stereocenters. The number of nitrogens with one attached hydrogen (secondary N) is 1. The molecule has 2 heterocycles. The number of rotatable bonds is 11. The molecule has 1 N–H and O–H groups in total. The van der Waals surface area contributed by atoms with E-state index in [-0.39, 0.29) is 11.6 Å². The molecule has 8 nitrogen and oxygen atoms in total. The quantitative estimate of drug-likeness (QED) is 0.256. The van der Waals surface area contributed by atoms with Gasteiger partial charge in [-0.2, -0.15) is 0 Å². The smallest absolute Gasteiger partial charge is 0.252 e. The number of tetrazole rings is 1. The van der Waals surface area contributed by atoms with Gasteiger partial charge in [-0.1, -0.05) is 67.1 Å². The standard InChI is InChI=1S/C31H34N6O2/c1-4-29(30-33-34-35-37(30)17-16-23-8-6-5-7-9-23)36(20-24-12-10-22(2)11-13-24)21-26-18-25-19-27(39-3)14-15-28(25)32-31(26)38/h5-15,18-19,29H,4,16-17,20-21H2,1-3H3,(H,32,38)/t29-/m1/s1. The molecule has 2 aromatic heterocycles. The minimum atomic E-state index is -0.0971. The summed E-state index contributed by atoms with van der Waals surface area (Å²) in [4.78, 5) is 18.5.